The quantitative estimate of drug-likeness (QED) is 0.554. The van der Waals surface area contributed by atoms with E-state index in [0.29, 0.717) is 22.6 Å². The van der Waals surface area contributed by atoms with Crippen molar-refractivity contribution in [2.45, 2.75) is 6.92 Å². The molecule has 1 aliphatic rings. The molecule has 0 saturated heterocycles. The Morgan fingerprint density at radius 3 is 2.64 bits per heavy atom. The Bertz CT molecular complexity index is 947. The summed E-state index contributed by atoms with van der Waals surface area (Å²) in [6, 6.07) is 5.11. The van der Waals surface area contributed by atoms with E-state index in [4.69, 9.17) is 4.74 Å². The van der Waals surface area contributed by atoms with Gasteiger partial charge in [-0.05, 0) is 23.3 Å². The summed E-state index contributed by atoms with van der Waals surface area (Å²) >= 11 is 0. The van der Waals surface area contributed by atoms with Crippen molar-refractivity contribution in [1.82, 2.24) is 20.3 Å². The lowest BCUT2D eigenvalue weighted by atomic mass is 10.1. The molecule has 1 aliphatic carbocycles. The van der Waals surface area contributed by atoms with Crippen LogP contribution in [-0.2, 0) is 4.79 Å². The Hall–Kier alpha value is -3.16. The molecule has 0 atom stereocenters. The van der Waals surface area contributed by atoms with Gasteiger partial charge in [0.2, 0.25) is 17.1 Å². The third-order valence-corrected chi connectivity index (χ3v) is 3.27. The molecular weight excluding hydrogens is 288 g/mol. The molecule has 0 radical (unpaired) electrons. The first-order valence-electron chi connectivity index (χ1n) is 6.46. The first kappa shape index (κ1) is 12.6. The lowest BCUT2D eigenvalue weighted by molar-refractivity contribution is -0.118. The number of nitrogens with zero attached hydrogens (tertiary/aromatic N) is 4. The molecule has 0 aliphatic heterocycles. The molecule has 4 rings (SSSR count). The summed E-state index contributed by atoms with van der Waals surface area (Å²) in [5.74, 6) is -0.116. The zero-order chi connectivity index (χ0) is 15.3. The monoisotopic (exact) mass is 296 g/mol. The third-order valence-electron chi connectivity index (χ3n) is 3.27. The van der Waals surface area contributed by atoms with Crippen molar-refractivity contribution < 1.29 is 19.0 Å². The Labute approximate surface area is 123 Å². The molecule has 108 valence electrons. The minimum Gasteiger partial charge on any atom is -0.485 e. The van der Waals surface area contributed by atoms with Crippen molar-refractivity contribution in [3.05, 3.63) is 29.5 Å². The van der Waals surface area contributed by atoms with E-state index >= 15 is 0 Å². The second-order valence-electron chi connectivity index (χ2n) is 4.83. The van der Waals surface area contributed by atoms with Gasteiger partial charge >= 0.3 is 0 Å². The minimum absolute atomic E-state index is 0.101. The zero-order valence-corrected chi connectivity index (χ0v) is 11.4. The van der Waals surface area contributed by atoms with Crippen LogP contribution in [-0.4, -0.2) is 38.5 Å². The highest BCUT2D eigenvalue weighted by molar-refractivity contribution is 6.21. The van der Waals surface area contributed by atoms with Gasteiger partial charge in [0.25, 0.3) is 0 Å². The third kappa shape index (κ3) is 1.70. The van der Waals surface area contributed by atoms with Crippen LogP contribution in [0, 0.1) is 0 Å². The van der Waals surface area contributed by atoms with Crippen molar-refractivity contribution in [3.63, 3.8) is 0 Å². The normalized spacial score (nSPS) is 12.3. The van der Waals surface area contributed by atoms with Crippen LogP contribution in [0.15, 0.2) is 22.8 Å². The van der Waals surface area contributed by atoms with Crippen molar-refractivity contribution in [2.75, 3.05) is 6.61 Å². The van der Waals surface area contributed by atoms with Crippen LogP contribution in [0.5, 0.6) is 5.75 Å². The fourth-order valence-electron chi connectivity index (χ4n) is 2.36. The molecule has 0 saturated carbocycles. The van der Waals surface area contributed by atoms with Crippen LogP contribution in [0.25, 0.3) is 22.6 Å². The average molecular weight is 296 g/mol. The highest BCUT2D eigenvalue weighted by Crippen LogP contribution is 2.39. The van der Waals surface area contributed by atoms with Gasteiger partial charge in [-0.15, -0.1) is 0 Å². The molecule has 8 heteroatoms. The van der Waals surface area contributed by atoms with Gasteiger partial charge in [-0.2, -0.15) is 0 Å². The van der Waals surface area contributed by atoms with Crippen LogP contribution < -0.4 is 4.74 Å². The molecule has 0 bridgehead atoms. The van der Waals surface area contributed by atoms with Crippen molar-refractivity contribution in [1.29, 1.82) is 0 Å². The van der Waals surface area contributed by atoms with Crippen LogP contribution in [0.3, 0.4) is 0 Å². The van der Waals surface area contributed by atoms with Gasteiger partial charge in [-0.1, -0.05) is 12.1 Å². The maximum Gasteiger partial charge on any atom is 0.244 e. The number of ether oxygens (including phenoxy) is 1. The van der Waals surface area contributed by atoms with Gasteiger partial charge in [0.15, 0.2) is 5.78 Å². The summed E-state index contributed by atoms with van der Waals surface area (Å²) in [7, 11) is 0. The molecule has 22 heavy (non-hydrogen) atoms. The molecule has 0 unspecified atom stereocenters. The van der Waals surface area contributed by atoms with Crippen molar-refractivity contribution in [2.24, 2.45) is 0 Å². The van der Waals surface area contributed by atoms with Gasteiger partial charge in [-0.3, -0.25) is 9.59 Å². The fourth-order valence-corrected chi connectivity index (χ4v) is 2.36. The first-order valence-corrected chi connectivity index (χ1v) is 6.46. The molecule has 0 N–H and O–H groups in total. The molecule has 0 fully saturated rings. The summed E-state index contributed by atoms with van der Waals surface area (Å²) < 4.78 is 9.97. The number of aromatic nitrogens is 4. The maximum atomic E-state index is 12.6. The van der Waals surface area contributed by atoms with Crippen LogP contribution in [0.4, 0.5) is 0 Å². The van der Waals surface area contributed by atoms with E-state index in [-0.39, 0.29) is 35.2 Å². The SMILES string of the molecule is CC(=O)COc1cccc2c1C(=O)c1nc3nonc3nc1-2. The maximum absolute atomic E-state index is 12.6. The number of Topliss-reactive ketones (excluding diaryl/α,β-unsaturated/α-hetero) is 1. The van der Waals surface area contributed by atoms with Crippen LogP contribution in [0.1, 0.15) is 23.0 Å². The van der Waals surface area contributed by atoms with Gasteiger partial charge < -0.3 is 4.74 Å². The lowest BCUT2D eigenvalue weighted by Crippen LogP contribution is -2.09. The topological polar surface area (TPSA) is 108 Å². The van der Waals surface area contributed by atoms with Gasteiger partial charge in [0.1, 0.15) is 23.7 Å². The zero-order valence-electron chi connectivity index (χ0n) is 11.4. The molecular formula is C14H8N4O4. The van der Waals surface area contributed by atoms with E-state index in [1.807, 2.05) is 0 Å². The second-order valence-corrected chi connectivity index (χ2v) is 4.83. The van der Waals surface area contributed by atoms with E-state index in [2.05, 4.69) is 24.9 Å². The van der Waals surface area contributed by atoms with Crippen molar-refractivity contribution in [3.8, 4) is 17.0 Å². The highest BCUT2D eigenvalue weighted by atomic mass is 16.6. The Morgan fingerprint density at radius 2 is 1.91 bits per heavy atom. The van der Waals surface area contributed by atoms with E-state index in [0.717, 1.165) is 0 Å². The van der Waals surface area contributed by atoms with E-state index in [9.17, 15) is 9.59 Å². The number of rotatable bonds is 3. The second kappa shape index (κ2) is 4.42. The largest absolute Gasteiger partial charge is 0.485 e. The number of ketones is 2. The summed E-state index contributed by atoms with van der Waals surface area (Å²) in [5, 5.41) is 7.22. The molecule has 0 spiro atoms. The lowest BCUT2D eigenvalue weighted by Gasteiger charge is -2.07. The smallest absolute Gasteiger partial charge is 0.244 e. The van der Waals surface area contributed by atoms with Gasteiger partial charge in [0, 0.05) is 5.56 Å². The van der Waals surface area contributed by atoms with Crippen LogP contribution in [0.2, 0.25) is 0 Å². The Kier molecular flexibility index (Phi) is 2.52. The summed E-state index contributed by atoms with van der Waals surface area (Å²) in [6.07, 6.45) is 0. The average Bonchev–Trinajstić information content (AvgIpc) is 3.07. The molecule has 2 heterocycles. The Morgan fingerprint density at radius 1 is 1.18 bits per heavy atom. The fraction of sp³-hybridized carbons (Fsp3) is 0.143. The summed E-state index contributed by atoms with van der Waals surface area (Å²) in [6.45, 7) is 1.31. The molecule has 1 aromatic carbocycles. The minimum atomic E-state index is -0.318. The standard InChI is InChI=1S/C14H8N4O4/c1-6(19)5-21-8-4-2-3-7-9(8)12(20)11-10(7)15-13-14(16-11)18-22-17-13/h2-4H,5H2,1H3. The number of carbonyl (C=O) groups excluding carboxylic acids is 2. The van der Waals surface area contributed by atoms with Gasteiger partial charge in [-0.25, -0.2) is 14.6 Å². The number of benzene rings is 1. The number of hydrogen-bond acceptors (Lipinski definition) is 8. The molecule has 2 aromatic heterocycles. The van der Waals surface area contributed by atoms with E-state index in [1.165, 1.54) is 6.92 Å². The molecule has 0 amide bonds. The van der Waals surface area contributed by atoms with Gasteiger partial charge in [0.05, 0.1) is 5.56 Å². The number of hydrogen-bond donors (Lipinski definition) is 0. The molecule has 8 nitrogen and oxygen atoms in total. The predicted molar refractivity (Wildman–Crippen MR) is 72.4 cm³/mol. The molecule has 3 aromatic rings. The summed E-state index contributed by atoms with van der Waals surface area (Å²) in [4.78, 5) is 32.1. The Balaban J connectivity index is 1.89. The van der Waals surface area contributed by atoms with E-state index in [1.54, 1.807) is 18.2 Å². The van der Waals surface area contributed by atoms with E-state index < -0.39 is 0 Å². The summed E-state index contributed by atoms with van der Waals surface area (Å²) in [5.41, 5.74) is 1.94. The number of fused-ring (bicyclic) bond motifs is 4. The van der Waals surface area contributed by atoms with Crippen LogP contribution >= 0.6 is 0 Å². The highest BCUT2D eigenvalue weighted by Gasteiger charge is 2.34. The van der Waals surface area contributed by atoms with Crippen molar-refractivity contribution >= 4 is 22.9 Å². The predicted octanol–water partition coefficient (Wildman–Crippen LogP) is 1.19. The first-order chi connectivity index (χ1) is 10.6. The number of carbonyl (C=O) groups is 2.